The lowest BCUT2D eigenvalue weighted by Crippen LogP contribution is -2.20. The van der Waals surface area contributed by atoms with Gasteiger partial charge < -0.3 is 10.1 Å². The van der Waals surface area contributed by atoms with Crippen LogP contribution in [0.25, 0.3) is 0 Å². The molecule has 0 fully saturated rings. The molecule has 1 heterocycles. The number of carbonyl (C=O) groups excluding carboxylic acids is 1. The lowest BCUT2D eigenvalue weighted by atomic mass is 10.3. The number of alkyl halides is 3. The van der Waals surface area contributed by atoms with Crippen molar-refractivity contribution >= 4 is 11.6 Å². The van der Waals surface area contributed by atoms with Crippen molar-refractivity contribution < 1.29 is 22.7 Å². The lowest BCUT2D eigenvalue weighted by Gasteiger charge is -2.07. The molecule has 1 amide bonds. The highest BCUT2D eigenvalue weighted by Crippen LogP contribution is 2.14. The highest BCUT2D eigenvalue weighted by molar-refractivity contribution is 5.90. The van der Waals surface area contributed by atoms with E-state index >= 15 is 0 Å². The second-order valence-corrected chi connectivity index (χ2v) is 3.21. The average Bonchev–Trinajstić information content (AvgIpc) is 2.25. The van der Waals surface area contributed by atoms with Gasteiger partial charge in [0, 0.05) is 6.20 Å². The quantitative estimate of drug-likeness (QED) is 0.811. The topological polar surface area (TPSA) is 51.2 Å². The minimum atomic E-state index is -4.36. The minimum absolute atomic E-state index is 0.134. The molecule has 0 aliphatic carbocycles. The van der Waals surface area contributed by atoms with Crippen LogP contribution in [0.5, 0.6) is 0 Å². The first-order valence-corrected chi connectivity index (χ1v) is 4.82. The lowest BCUT2D eigenvalue weighted by molar-refractivity contribution is -0.174. The molecule has 0 unspecified atom stereocenters. The number of ether oxygens (including phenoxy) is 1. The van der Waals surface area contributed by atoms with Gasteiger partial charge in [-0.15, -0.1) is 0 Å². The summed E-state index contributed by atoms with van der Waals surface area (Å²) in [5, 5.41) is 2.48. The molecule has 1 aromatic rings. The van der Waals surface area contributed by atoms with E-state index in [1.807, 2.05) is 0 Å². The third-order valence-electron chi connectivity index (χ3n) is 1.68. The number of rotatable bonds is 5. The summed E-state index contributed by atoms with van der Waals surface area (Å²) in [7, 11) is 0. The number of hydrogen-bond acceptors (Lipinski definition) is 3. The summed E-state index contributed by atoms with van der Waals surface area (Å²) in [5.41, 5.74) is 0.494. The van der Waals surface area contributed by atoms with Crippen LogP contribution in [-0.2, 0) is 9.53 Å². The Morgan fingerprint density at radius 3 is 2.82 bits per heavy atom. The monoisotopic (exact) mass is 248 g/mol. The maximum absolute atomic E-state index is 11.7. The molecule has 0 aromatic carbocycles. The molecule has 1 N–H and O–H groups in total. The van der Waals surface area contributed by atoms with Crippen LogP contribution in [0.2, 0.25) is 0 Å². The van der Waals surface area contributed by atoms with Gasteiger partial charge in [0.15, 0.2) is 0 Å². The second kappa shape index (κ2) is 6.19. The molecule has 0 bridgehead atoms. The highest BCUT2D eigenvalue weighted by atomic mass is 19.4. The van der Waals surface area contributed by atoms with Crippen LogP contribution < -0.4 is 5.32 Å². The summed E-state index contributed by atoms with van der Waals surface area (Å²) >= 11 is 0. The van der Waals surface area contributed by atoms with Crippen molar-refractivity contribution in [2.24, 2.45) is 0 Å². The summed E-state index contributed by atoms with van der Waals surface area (Å²) < 4.78 is 39.4. The fraction of sp³-hybridized carbons (Fsp3) is 0.400. The van der Waals surface area contributed by atoms with Crippen LogP contribution in [-0.4, -0.2) is 30.3 Å². The normalized spacial score (nSPS) is 11.2. The van der Waals surface area contributed by atoms with Crippen molar-refractivity contribution in [2.75, 3.05) is 18.5 Å². The molecule has 17 heavy (non-hydrogen) atoms. The Morgan fingerprint density at radius 2 is 2.24 bits per heavy atom. The van der Waals surface area contributed by atoms with Crippen molar-refractivity contribution in [3.05, 3.63) is 24.5 Å². The fourth-order valence-electron chi connectivity index (χ4n) is 1.01. The van der Waals surface area contributed by atoms with Gasteiger partial charge in [-0.05, 0) is 12.1 Å². The predicted octanol–water partition coefficient (Wildman–Crippen LogP) is 1.99. The molecule has 0 atom stereocenters. The Morgan fingerprint density at radius 1 is 1.47 bits per heavy atom. The number of nitrogens with zero attached hydrogens (tertiary/aromatic N) is 1. The number of hydrogen-bond donors (Lipinski definition) is 1. The number of amides is 1. The Labute approximate surface area is 95.8 Å². The zero-order valence-corrected chi connectivity index (χ0v) is 8.83. The number of carbonyl (C=O) groups is 1. The molecule has 0 aliphatic rings. The molecular weight excluding hydrogens is 237 g/mol. The molecule has 4 nitrogen and oxygen atoms in total. The van der Waals surface area contributed by atoms with E-state index in [4.69, 9.17) is 0 Å². The first-order chi connectivity index (χ1) is 7.97. The molecule has 0 radical (unpaired) electrons. The molecule has 0 spiro atoms. The van der Waals surface area contributed by atoms with Crippen molar-refractivity contribution in [3.63, 3.8) is 0 Å². The van der Waals surface area contributed by atoms with E-state index in [0.717, 1.165) is 0 Å². The Kier molecular flexibility index (Phi) is 4.89. The maximum Gasteiger partial charge on any atom is 0.411 e. The van der Waals surface area contributed by atoms with E-state index in [1.54, 1.807) is 18.3 Å². The van der Waals surface area contributed by atoms with Gasteiger partial charge in [-0.3, -0.25) is 9.78 Å². The molecular formula is C10H11F3N2O2. The van der Waals surface area contributed by atoms with Gasteiger partial charge in [0.05, 0.1) is 24.9 Å². The van der Waals surface area contributed by atoms with E-state index in [9.17, 15) is 18.0 Å². The van der Waals surface area contributed by atoms with Gasteiger partial charge in [0.1, 0.15) is 6.61 Å². The Bertz CT molecular complexity index is 354. The predicted molar refractivity (Wildman–Crippen MR) is 54.4 cm³/mol. The van der Waals surface area contributed by atoms with E-state index in [2.05, 4.69) is 15.0 Å². The molecule has 0 saturated heterocycles. The highest BCUT2D eigenvalue weighted by Gasteiger charge is 2.27. The van der Waals surface area contributed by atoms with Crippen LogP contribution in [0, 0.1) is 0 Å². The van der Waals surface area contributed by atoms with Crippen molar-refractivity contribution in [3.8, 4) is 0 Å². The van der Waals surface area contributed by atoms with Crippen molar-refractivity contribution in [2.45, 2.75) is 12.6 Å². The third kappa shape index (κ3) is 6.52. The van der Waals surface area contributed by atoms with Crippen LogP contribution in [0.15, 0.2) is 24.5 Å². The number of halogens is 3. The Balaban J connectivity index is 2.18. The number of nitrogens with one attached hydrogen (secondary N) is 1. The molecule has 1 rings (SSSR count). The zero-order valence-electron chi connectivity index (χ0n) is 8.83. The smallest absolute Gasteiger partial charge is 0.372 e. The van der Waals surface area contributed by atoms with Crippen molar-refractivity contribution in [1.29, 1.82) is 0 Å². The SMILES string of the molecule is O=C(CCOCC(F)(F)F)Nc1cccnc1. The summed E-state index contributed by atoms with van der Waals surface area (Å²) in [6, 6.07) is 3.26. The largest absolute Gasteiger partial charge is 0.411 e. The minimum Gasteiger partial charge on any atom is -0.372 e. The van der Waals surface area contributed by atoms with Gasteiger partial charge in [0.25, 0.3) is 0 Å². The van der Waals surface area contributed by atoms with Crippen LogP contribution in [0.4, 0.5) is 18.9 Å². The fourth-order valence-corrected chi connectivity index (χ4v) is 1.01. The number of anilines is 1. The van der Waals surface area contributed by atoms with Crippen molar-refractivity contribution in [1.82, 2.24) is 4.98 Å². The Hall–Kier alpha value is -1.63. The summed E-state index contributed by atoms with van der Waals surface area (Å²) in [5.74, 6) is -0.417. The third-order valence-corrected chi connectivity index (χ3v) is 1.68. The van der Waals surface area contributed by atoms with Gasteiger partial charge in [-0.1, -0.05) is 0 Å². The van der Waals surface area contributed by atoms with Crippen LogP contribution in [0.3, 0.4) is 0 Å². The van der Waals surface area contributed by atoms with Gasteiger partial charge in [0.2, 0.25) is 5.91 Å². The number of aromatic nitrogens is 1. The first kappa shape index (κ1) is 13.4. The van der Waals surface area contributed by atoms with Gasteiger partial charge >= 0.3 is 6.18 Å². The molecule has 0 aliphatic heterocycles. The van der Waals surface area contributed by atoms with E-state index in [1.165, 1.54) is 6.20 Å². The van der Waals surface area contributed by atoms with Gasteiger partial charge in [-0.25, -0.2) is 0 Å². The first-order valence-electron chi connectivity index (χ1n) is 4.82. The summed E-state index contributed by atoms with van der Waals surface area (Å²) in [6.07, 6.45) is -1.51. The summed E-state index contributed by atoms with van der Waals surface area (Å²) in [6.45, 7) is -1.61. The molecule has 1 aromatic heterocycles. The van der Waals surface area contributed by atoms with E-state index in [0.29, 0.717) is 5.69 Å². The molecule has 94 valence electrons. The van der Waals surface area contributed by atoms with E-state index < -0.39 is 18.7 Å². The van der Waals surface area contributed by atoms with E-state index in [-0.39, 0.29) is 13.0 Å². The van der Waals surface area contributed by atoms with Gasteiger partial charge in [-0.2, -0.15) is 13.2 Å². The number of pyridine rings is 1. The zero-order chi connectivity index (χ0) is 12.7. The average molecular weight is 248 g/mol. The van der Waals surface area contributed by atoms with Crippen LogP contribution >= 0.6 is 0 Å². The van der Waals surface area contributed by atoms with Crippen LogP contribution in [0.1, 0.15) is 6.42 Å². The summed E-state index contributed by atoms with van der Waals surface area (Å²) in [4.78, 5) is 15.0. The standard InChI is InChI=1S/C10H11F3N2O2/c11-10(12,13)7-17-5-3-9(16)15-8-2-1-4-14-6-8/h1-2,4,6H,3,5,7H2,(H,15,16). The molecule has 0 saturated carbocycles. The molecule has 7 heteroatoms. The maximum atomic E-state index is 11.7. The second-order valence-electron chi connectivity index (χ2n) is 3.21.